The lowest BCUT2D eigenvalue weighted by Crippen LogP contribution is -2.30. The number of nitrogens with zero attached hydrogens (tertiary/aromatic N) is 3. The van der Waals surface area contributed by atoms with Crippen LogP contribution in [-0.4, -0.2) is 27.8 Å². The zero-order chi connectivity index (χ0) is 10.9. The third-order valence-corrected chi connectivity index (χ3v) is 2.32. The Morgan fingerprint density at radius 3 is 2.93 bits per heavy atom. The number of hydrogen-bond acceptors (Lipinski definition) is 4. The van der Waals surface area contributed by atoms with Crippen LogP contribution in [0, 0.1) is 5.41 Å². The SMILES string of the molecule is CC1(C)CON(Cc2cccnn2)C1=O. The first-order chi connectivity index (χ1) is 7.09. The third kappa shape index (κ3) is 1.97. The summed E-state index contributed by atoms with van der Waals surface area (Å²) in [6, 6.07) is 3.60. The van der Waals surface area contributed by atoms with Crippen molar-refractivity contribution in [3.05, 3.63) is 24.0 Å². The van der Waals surface area contributed by atoms with Crippen molar-refractivity contribution >= 4 is 5.91 Å². The van der Waals surface area contributed by atoms with Gasteiger partial charge in [0.2, 0.25) is 0 Å². The van der Waals surface area contributed by atoms with Crippen molar-refractivity contribution in [2.75, 3.05) is 6.61 Å². The van der Waals surface area contributed by atoms with E-state index in [-0.39, 0.29) is 5.91 Å². The fourth-order valence-electron chi connectivity index (χ4n) is 1.38. The van der Waals surface area contributed by atoms with E-state index in [1.165, 1.54) is 5.06 Å². The summed E-state index contributed by atoms with van der Waals surface area (Å²) in [6.07, 6.45) is 1.60. The predicted octanol–water partition coefficient (Wildman–Crippen LogP) is 0.777. The average Bonchev–Trinajstić information content (AvgIpc) is 2.47. The van der Waals surface area contributed by atoms with Crippen LogP contribution >= 0.6 is 0 Å². The molecule has 0 unspecified atom stereocenters. The summed E-state index contributed by atoms with van der Waals surface area (Å²) in [5.74, 6) is -0.00634. The maximum atomic E-state index is 11.8. The average molecular weight is 207 g/mol. The molecular formula is C10H13N3O2. The summed E-state index contributed by atoms with van der Waals surface area (Å²) in [5.41, 5.74) is 0.297. The highest BCUT2D eigenvalue weighted by Crippen LogP contribution is 2.27. The second kappa shape index (κ2) is 3.58. The van der Waals surface area contributed by atoms with E-state index in [0.717, 1.165) is 5.69 Å². The molecule has 0 N–H and O–H groups in total. The molecule has 1 fully saturated rings. The van der Waals surface area contributed by atoms with Crippen LogP contribution in [0.2, 0.25) is 0 Å². The number of hydrogen-bond donors (Lipinski definition) is 0. The van der Waals surface area contributed by atoms with Gasteiger partial charge in [0.15, 0.2) is 0 Å². The van der Waals surface area contributed by atoms with Crippen molar-refractivity contribution < 1.29 is 9.63 Å². The molecule has 0 bridgehead atoms. The summed E-state index contributed by atoms with van der Waals surface area (Å²) < 4.78 is 0. The topological polar surface area (TPSA) is 55.3 Å². The summed E-state index contributed by atoms with van der Waals surface area (Å²) in [7, 11) is 0. The molecule has 2 rings (SSSR count). The molecule has 1 amide bonds. The van der Waals surface area contributed by atoms with Gasteiger partial charge in [0.05, 0.1) is 24.3 Å². The molecule has 2 heterocycles. The second-order valence-electron chi connectivity index (χ2n) is 4.21. The Morgan fingerprint density at radius 1 is 1.60 bits per heavy atom. The Hall–Kier alpha value is -1.49. The Morgan fingerprint density at radius 2 is 2.40 bits per heavy atom. The van der Waals surface area contributed by atoms with Gasteiger partial charge < -0.3 is 0 Å². The van der Waals surface area contributed by atoms with Crippen LogP contribution in [0.1, 0.15) is 19.5 Å². The van der Waals surface area contributed by atoms with Crippen molar-refractivity contribution in [2.24, 2.45) is 5.41 Å². The second-order valence-corrected chi connectivity index (χ2v) is 4.21. The van der Waals surface area contributed by atoms with Crippen molar-refractivity contribution in [3.8, 4) is 0 Å². The third-order valence-electron chi connectivity index (χ3n) is 2.32. The number of carbonyl (C=O) groups is 1. The Labute approximate surface area is 88.0 Å². The monoisotopic (exact) mass is 207 g/mol. The minimum absolute atomic E-state index is 0.00634. The number of hydroxylamine groups is 2. The van der Waals surface area contributed by atoms with Crippen LogP contribution in [0.4, 0.5) is 0 Å². The molecule has 0 atom stereocenters. The van der Waals surface area contributed by atoms with E-state index in [2.05, 4.69) is 10.2 Å². The summed E-state index contributed by atoms with van der Waals surface area (Å²) in [6.45, 7) is 4.51. The first-order valence-corrected chi connectivity index (χ1v) is 4.81. The molecular weight excluding hydrogens is 194 g/mol. The van der Waals surface area contributed by atoms with Crippen LogP contribution in [0.15, 0.2) is 18.3 Å². The van der Waals surface area contributed by atoms with Gasteiger partial charge in [-0.15, -0.1) is 0 Å². The molecule has 15 heavy (non-hydrogen) atoms. The van der Waals surface area contributed by atoms with Gasteiger partial charge in [0, 0.05) is 6.20 Å². The van der Waals surface area contributed by atoms with E-state index in [0.29, 0.717) is 13.2 Å². The van der Waals surface area contributed by atoms with E-state index in [1.54, 1.807) is 12.3 Å². The first kappa shape index (κ1) is 10.0. The minimum Gasteiger partial charge on any atom is -0.272 e. The van der Waals surface area contributed by atoms with Crippen LogP contribution in [0.5, 0.6) is 0 Å². The van der Waals surface area contributed by atoms with Gasteiger partial charge >= 0.3 is 0 Å². The van der Waals surface area contributed by atoms with E-state index in [9.17, 15) is 4.79 Å². The van der Waals surface area contributed by atoms with Gasteiger partial charge in [-0.2, -0.15) is 10.2 Å². The molecule has 1 aliphatic heterocycles. The normalized spacial score (nSPS) is 19.6. The zero-order valence-electron chi connectivity index (χ0n) is 8.80. The van der Waals surface area contributed by atoms with E-state index < -0.39 is 5.41 Å². The minimum atomic E-state index is -0.428. The number of aromatic nitrogens is 2. The molecule has 1 saturated heterocycles. The number of rotatable bonds is 2. The Balaban J connectivity index is 2.06. The molecule has 1 aromatic rings. The van der Waals surface area contributed by atoms with E-state index in [4.69, 9.17) is 4.84 Å². The summed E-state index contributed by atoms with van der Waals surface area (Å²) in [4.78, 5) is 17.1. The maximum absolute atomic E-state index is 11.8. The summed E-state index contributed by atoms with van der Waals surface area (Å²) >= 11 is 0. The van der Waals surface area contributed by atoms with Crippen LogP contribution in [-0.2, 0) is 16.2 Å². The molecule has 0 radical (unpaired) electrons. The molecule has 5 nitrogen and oxygen atoms in total. The molecule has 80 valence electrons. The quantitative estimate of drug-likeness (QED) is 0.719. The highest BCUT2D eigenvalue weighted by molar-refractivity contribution is 5.82. The lowest BCUT2D eigenvalue weighted by Gasteiger charge is -2.15. The van der Waals surface area contributed by atoms with Gasteiger partial charge in [-0.3, -0.25) is 9.63 Å². The van der Waals surface area contributed by atoms with Crippen LogP contribution in [0.3, 0.4) is 0 Å². The van der Waals surface area contributed by atoms with Gasteiger partial charge in [-0.05, 0) is 26.0 Å². The Kier molecular flexibility index (Phi) is 2.40. The molecule has 0 spiro atoms. The predicted molar refractivity (Wildman–Crippen MR) is 52.3 cm³/mol. The fourth-order valence-corrected chi connectivity index (χ4v) is 1.38. The van der Waals surface area contributed by atoms with Gasteiger partial charge in [0.25, 0.3) is 5.91 Å². The lowest BCUT2D eigenvalue weighted by atomic mass is 9.95. The lowest BCUT2D eigenvalue weighted by molar-refractivity contribution is -0.165. The summed E-state index contributed by atoms with van der Waals surface area (Å²) in [5, 5.41) is 9.00. The standard InChI is InChI=1S/C10H13N3O2/c1-10(2)7-15-13(9(10)14)6-8-4-3-5-11-12-8/h3-5H,6-7H2,1-2H3. The number of amides is 1. The molecule has 0 aromatic carbocycles. The molecule has 1 aliphatic rings. The first-order valence-electron chi connectivity index (χ1n) is 4.81. The maximum Gasteiger partial charge on any atom is 0.254 e. The van der Waals surface area contributed by atoms with Gasteiger partial charge in [-0.25, -0.2) is 5.06 Å². The van der Waals surface area contributed by atoms with E-state index >= 15 is 0 Å². The largest absolute Gasteiger partial charge is 0.272 e. The zero-order valence-corrected chi connectivity index (χ0v) is 8.80. The van der Waals surface area contributed by atoms with Crippen molar-refractivity contribution in [2.45, 2.75) is 20.4 Å². The molecule has 5 heteroatoms. The Bertz CT molecular complexity index is 364. The van der Waals surface area contributed by atoms with Gasteiger partial charge in [0.1, 0.15) is 0 Å². The highest BCUT2D eigenvalue weighted by Gasteiger charge is 2.40. The smallest absolute Gasteiger partial charge is 0.254 e. The van der Waals surface area contributed by atoms with Gasteiger partial charge in [-0.1, -0.05) is 0 Å². The number of carbonyl (C=O) groups excluding carboxylic acids is 1. The van der Waals surface area contributed by atoms with Crippen LogP contribution in [0.25, 0.3) is 0 Å². The molecule has 0 aliphatic carbocycles. The molecule has 0 saturated carbocycles. The molecule has 1 aromatic heterocycles. The van der Waals surface area contributed by atoms with Crippen molar-refractivity contribution in [3.63, 3.8) is 0 Å². The van der Waals surface area contributed by atoms with Crippen molar-refractivity contribution in [1.29, 1.82) is 0 Å². The fraction of sp³-hybridized carbons (Fsp3) is 0.500. The highest BCUT2D eigenvalue weighted by atomic mass is 16.7. The van der Waals surface area contributed by atoms with E-state index in [1.807, 2.05) is 19.9 Å². The van der Waals surface area contributed by atoms with Crippen LogP contribution < -0.4 is 0 Å². The van der Waals surface area contributed by atoms with Crippen molar-refractivity contribution in [1.82, 2.24) is 15.3 Å².